The summed E-state index contributed by atoms with van der Waals surface area (Å²) in [7, 11) is 0. The van der Waals surface area contributed by atoms with Crippen molar-refractivity contribution in [3.8, 4) is 0 Å². The number of hydrogen-bond acceptors (Lipinski definition) is 3. The maximum Gasteiger partial charge on any atom is 0.289 e. The molecule has 0 fully saturated rings. The fraction of sp³-hybridized carbons (Fsp3) is 0.263. The van der Waals surface area contributed by atoms with E-state index in [2.05, 4.69) is 10.6 Å². The Balaban J connectivity index is 2.16. The van der Waals surface area contributed by atoms with Gasteiger partial charge in [0.2, 0.25) is 0 Å². The van der Waals surface area contributed by atoms with Crippen LogP contribution in [-0.4, -0.2) is 23.1 Å². The lowest BCUT2D eigenvalue weighted by Gasteiger charge is -2.20. The Morgan fingerprint density at radius 1 is 1.00 bits per heavy atom. The highest BCUT2D eigenvalue weighted by Crippen LogP contribution is 2.37. The quantitative estimate of drug-likeness (QED) is 0.643. The Morgan fingerprint density at radius 3 is 2.07 bits per heavy atom. The second-order valence-corrected chi connectivity index (χ2v) is 8.14. The highest BCUT2D eigenvalue weighted by molar-refractivity contribution is 7.99. The summed E-state index contributed by atoms with van der Waals surface area (Å²) < 4.78 is 25.5. The van der Waals surface area contributed by atoms with Crippen molar-refractivity contribution >= 4 is 40.9 Å². The van der Waals surface area contributed by atoms with Crippen LogP contribution in [0.2, 0.25) is 5.02 Å². The molecule has 0 aliphatic rings. The van der Waals surface area contributed by atoms with E-state index in [4.69, 9.17) is 11.6 Å². The minimum absolute atomic E-state index is 0.101. The number of benzene rings is 2. The molecule has 0 atom stereocenters. The number of rotatable bonds is 5. The van der Waals surface area contributed by atoms with E-state index < -0.39 is 11.7 Å². The Hall–Kier alpha value is -2.12. The molecule has 2 aromatic carbocycles. The normalized spacial score (nSPS) is 11.4. The number of anilines is 1. The third-order valence-electron chi connectivity index (χ3n) is 3.32. The first-order valence-corrected chi connectivity index (χ1v) is 9.30. The molecule has 0 aliphatic heterocycles. The summed E-state index contributed by atoms with van der Waals surface area (Å²) in [5.41, 5.74) is 0.527. The lowest BCUT2D eigenvalue weighted by Crippen LogP contribution is -2.40. The smallest absolute Gasteiger partial charge is 0.289 e. The van der Waals surface area contributed by atoms with Gasteiger partial charge < -0.3 is 10.6 Å². The van der Waals surface area contributed by atoms with Crippen LogP contribution in [-0.2, 0) is 0 Å². The van der Waals surface area contributed by atoms with Crippen LogP contribution < -0.4 is 10.6 Å². The summed E-state index contributed by atoms with van der Waals surface area (Å²) in [5, 5.41) is 5.54. The fourth-order valence-corrected chi connectivity index (χ4v) is 3.11. The summed E-state index contributed by atoms with van der Waals surface area (Å²) in [5.74, 6) is -3.41. The molecule has 4 nitrogen and oxygen atoms in total. The van der Waals surface area contributed by atoms with E-state index in [0.717, 1.165) is 0 Å². The SMILES string of the molecule is CC(C)(C)NC(=O)c1ccc(C(=O)Nc2cccc(Cl)c2SC(F)F)cc1. The zero-order valence-corrected chi connectivity index (χ0v) is 16.5. The minimum atomic E-state index is -2.67. The molecule has 2 aromatic rings. The van der Waals surface area contributed by atoms with Crippen LogP contribution in [0.15, 0.2) is 47.4 Å². The van der Waals surface area contributed by atoms with Gasteiger partial charge in [-0.15, -0.1) is 0 Å². The highest BCUT2D eigenvalue weighted by atomic mass is 35.5. The van der Waals surface area contributed by atoms with E-state index in [9.17, 15) is 18.4 Å². The van der Waals surface area contributed by atoms with E-state index in [-0.39, 0.29) is 44.4 Å². The lowest BCUT2D eigenvalue weighted by molar-refractivity contribution is 0.0918. The minimum Gasteiger partial charge on any atom is -0.347 e. The van der Waals surface area contributed by atoms with Gasteiger partial charge >= 0.3 is 0 Å². The molecule has 0 bridgehead atoms. The van der Waals surface area contributed by atoms with E-state index in [1.807, 2.05) is 20.8 Å². The average molecular weight is 413 g/mol. The number of nitrogens with one attached hydrogen (secondary N) is 2. The van der Waals surface area contributed by atoms with E-state index in [0.29, 0.717) is 5.56 Å². The Labute approximate surface area is 165 Å². The van der Waals surface area contributed by atoms with Gasteiger partial charge in [-0.2, -0.15) is 8.78 Å². The Kier molecular flexibility index (Phi) is 6.84. The molecule has 144 valence electrons. The first-order chi connectivity index (χ1) is 12.6. The number of alkyl halides is 2. The standard InChI is InChI=1S/C19H19ClF2N2O2S/c1-19(2,3)24-17(26)12-9-7-11(8-10-12)16(25)23-14-6-4-5-13(20)15(14)27-18(21)22/h4-10,18H,1-3H3,(H,23,25)(H,24,26). The zero-order valence-electron chi connectivity index (χ0n) is 15.0. The first kappa shape index (κ1) is 21.2. The van der Waals surface area contributed by atoms with E-state index >= 15 is 0 Å². The van der Waals surface area contributed by atoms with Gasteiger partial charge in [0, 0.05) is 16.7 Å². The van der Waals surface area contributed by atoms with Gasteiger partial charge in [-0.25, -0.2) is 0 Å². The molecular weight excluding hydrogens is 394 g/mol. The zero-order chi connectivity index (χ0) is 20.2. The van der Waals surface area contributed by atoms with Gasteiger partial charge in [-0.1, -0.05) is 29.4 Å². The van der Waals surface area contributed by atoms with Crippen LogP contribution in [0.1, 0.15) is 41.5 Å². The monoisotopic (exact) mass is 412 g/mol. The summed E-state index contributed by atoms with van der Waals surface area (Å²) in [6.45, 7) is 5.60. The molecule has 0 heterocycles. The molecule has 0 saturated heterocycles. The van der Waals surface area contributed by atoms with Crippen molar-refractivity contribution in [1.29, 1.82) is 0 Å². The number of halogens is 3. The fourth-order valence-electron chi connectivity index (χ4n) is 2.20. The third kappa shape index (κ3) is 6.22. The molecule has 27 heavy (non-hydrogen) atoms. The number of amides is 2. The van der Waals surface area contributed by atoms with Crippen molar-refractivity contribution in [1.82, 2.24) is 5.32 Å². The maximum atomic E-state index is 12.7. The molecule has 0 unspecified atom stereocenters. The van der Waals surface area contributed by atoms with Crippen LogP contribution in [0, 0.1) is 0 Å². The molecule has 8 heteroatoms. The second kappa shape index (κ2) is 8.71. The van der Waals surface area contributed by atoms with Crippen molar-refractivity contribution in [3.63, 3.8) is 0 Å². The average Bonchev–Trinajstić information content (AvgIpc) is 2.56. The molecule has 0 saturated carbocycles. The highest BCUT2D eigenvalue weighted by Gasteiger charge is 2.18. The van der Waals surface area contributed by atoms with Gasteiger partial charge in [0.25, 0.3) is 17.6 Å². The maximum absolute atomic E-state index is 12.7. The largest absolute Gasteiger partial charge is 0.347 e. The first-order valence-electron chi connectivity index (χ1n) is 8.04. The number of carbonyl (C=O) groups is 2. The Bertz CT molecular complexity index is 837. The van der Waals surface area contributed by atoms with Crippen LogP contribution >= 0.6 is 23.4 Å². The van der Waals surface area contributed by atoms with E-state index in [1.54, 1.807) is 6.07 Å². The molecule has 2 rings (SSSR count). The molecule has 0 aromatic heterocycles. The molecular formula is C19H19ClF2N2O2S. The predicted octanol–water partition coefficient (Wildman–Crippen LogP) is 5.44. The summed E-state index contributed by atoms with van der Waals surface area (Å²) in [6, 6.07) is 10.6. The topological polar surface area (TPSA) is 58.2 Å². The lowest BCUT2D eigenvalue weighted by atomic mass is 10.1. The Morgan fingerprint density at radius 2 is 1.56 bits per heavy atom. The molecule has 2 amide bonds. The number of thioether (sulfide) groups is 1. The van der Waals surface area contributed by atoms with Gasteiger partial charge in [0.15, 0.2) is 0 Å². The number of carbonyl (C=O) groups excluding carboxylic acids is 2. The number of hydrogen-bond donors (Lipinski definition) is 2. The summed E-state index contributed by atoms with van der Waals surface area (Å²) in [4.78, 5) is 24.6. The molecule has 0 radical (unpaired) electrons. The van der Waals surface area contributed by atoms with Crippen molar-refractivity contribution in [2.45, 2.75) is 37.0 Å². The van der Waals surface area contributed by atoms with Gasteiger partial charge in [-0.05, 0) is 57.2 Å². The summed E-state index contributed by atoms with van der Waals surface area (Å²) >= 11 is 6.23. The second-order valence-electron chi connectivity index (χ2n) is 6.73. The van der Waals surface area contributed by atoms with Crippen molar-refractivity contribution in [3.05, 3.63) is 58.6 Å². The molecule has 2 N–H and O–H groups in total. The van der Waals surface area contributed by atoms with Gasteiger partial charge in [0.1, 0.15) is 0 Å². The van der Waals surface area contributed by atoms with Crippen LogP contribution in [0.25, 0.3) is 0 Å². The van der Waals surface area contributed by atoms with Crippen molar-refractivity contribution in [2.75, 3.05) is 5.32 Å². The van der Waals surface area contributed by atoms with Crippen LogP contribution in [0.4, 0.5) is 14.5 Å². The van der Waals surface area contributed by atoms with Gasteiger partial charge in [0.05, 0.1) is 15.6 Å². The molecule has 0 spiro atoms. The predicted molar refractivity (Wildman–Crippen MR) is 105 cm³/mol. The molecule has 0 aliphatic carbocycles. The van der Waals surface area contributed by atoms with Crippen molar-refractivity contribution < 1.29 is 18.4 Å². The van der Waals surface area contributed by atoms with Gasteiger partial charge in [-0.3, -0.25) is 9.59 Å². The summed E-state index contributed by atoms with van der Waals surface area (Å²) in [6.07, 6.45) is 0. The van der Waals surface area contributed by atoms with E-state index in [1.165, 1.54) is 36.4 Å². The van der Waals surface area contributed by atoms with Crippen LogP contribution in [0.5, 0.6) is 0 Å². The van der Waals surface area contributed by atoms with Crippen molar-refractivity contribution in [2.24, 2.45) is 0 Å². The third-order valence-corrected chi connectivity index (χ3v) is 4.60. The van der Waals surface area contributed by atoms with Crippen LogP contribution in [0.3, 0.4) is 0 Å².